The molecular formula is C17H23NOS. The van der Waals surface area contributed by atoms with E-state index in [-0.39, 0.29) is 0 Å². The molecule has 0 radical (unpaired) electrons. The molecule has 1 N–H and O–H groups in total. The van der Waals surface area contributed by atoms with Gasteiger partial charge in [0, 0.05) is 22.9 Å². The van der Waals surface area contributed by atoms with Gasteiger partial charge in [-0.15, -0.1) is 11.3 Å². The molecule has 1 heterocycles. The van der Waals surface area contributed by atoms with E-state index in [1.807, 2.05) is 11.3 Å². The Balaban J connectivity index is 2.28. The van der Waals surface area contributed by atoms with E-state index in [4.69, 9.17) is 4.74 Å². The lowest BCUT2D eigenvalue weighted by Gasteiger charge is -2.13. The minimum atomic E-state index is 0.466. The van der Waals surface area contributed by atoms with E-state index in [0.717, 1.165) is 13.0 Å². The molecule has 0 spiro atoms. The molecule has 0 aliphatic heterocycles. The average Bonchev–Trinajstić information content (AvgIpc) is 2.95. The third-order valence-electron chi connectivity index (χ3n) is 3.41. The van der Waals surface area contributed by atoms with Crippen molar-refractivity contribution >= 4 is 11.3 Å². The fraction of sp³-hybridized carbons (Fsp3) is 0.412. The summed E-state index contributed by atoms with van der Waals surface area (Å²) in [6.45, 7) is 6.05. The van der Waals surface area contributed by atoms with Gasteiger partial charge in [0.15, 0.2) is 0 Å². The first kappa shape index (κ1) is 15.2. The van der Waals surface area contributed by atoms with Crippen LogP contribution in [0.5, 0.6) is 0 Å². The summed E-state index contributed by atoms with van der Waals surface area (Å²) >= 11 is 1.88. The minimum absolute atomic E-state index is 0.466. The van der Waals surface area contributed by atoms with E-state index in [2.05, 4.69) is 55.6 Å². The third-order valence-corrected chi connectivity index (χ3v) is 4.64. The summed E-state index contributed by atoms with van der Waals surface area (Å²) in [5.74, 6) is 0. The molecule has 0 fully saturated rings. The highest BCUT2D eigenvalue weighted by molar-refractivity contribution is 7.15. The van der Waals surface area contributed by atoms with E-state index in [0.29, 0.717) is 12.6 Å². The van der Waals surface area contributed by atoms with Gasteiger partial charge in [-0.05, 0) is 36.2 Å². The summed E-state index contributed by atoms with van der Waals surface area (Å²) in [5, 5.41) is 3.54. The van der Waals surface area contributed by atoms with Crippen LogP contribution >= 0.6 is 11.3 Å². The van der Waals surface area contributed by atoms with Gasteiger partial charge in [0.1, 0.15) is 0 Å². The first-order valence-electron chi connectivity index (χ1n) is 7.20. The number of ether oxygens (including phenoxy) is 1. The number of rotatable bonds is 7. The van der Waals surface area contributed by atoms with Crippen LogP contribution in [-0.4, -0.2) is 13.7 Å². The molecule has 1 aromatic carbocycles. The molecule has 1 atom stereocenters. The summed E-state index contributed by atoms with van der Waals surface area (Å²) in [6.07, 6.45) is 1.12. The Morgan fingerprint density at radius 2 is 1.95 bits per heavy atom. The number of methoxy groups -OCH3 is 1. The van der Waals surface area contributed by atoms with Gasteiger partial charge in [0.05, 0.1) is 6.61 Å². The predicted molar refractivity (Wildman–Crippen MR) is 87.2 cm³/mol. The van der Waals surface area contributed by atoms with Gasteiger partial charge in [-0.1, -0.05) is 38.1 Å². The van der Waals surface area contributed by atoms with Crippen LogP contribution in [0, 0.1) is 0 Å². The topological polar surface area (TPSA) is 21.3 Å². The number of hydrogen-bond acceptors (Lipinski definition) is 3. The first-order valence-corrected chi connectivity index (χ1v) is 8.02. The Bertz CT molecular complexity index is 535. The Labute approximate surface area is 125 Å². The molecule has 0 aliphatic rings. The number of nitrogens with one attached hydrogen (secondary N) is 1. The predicted octanol–water partition coefficient (Wildman–Crippen LogP) is 4.62. The standard InChI is InChI=1S/C17H23NOS/c1-4-15(18-5-2)17-11-10-16(20-17)14-9-7-6-8-13(14)12-19-3/h6-11,15,18H,4-5,12H2,1-3H3. The zero-order chi connectivity index (χ0) is 14.4. The molecule has 20 heavy (non-hydrogen) atoms. The Kier molecular flexibility index (Phi) is 5.77. The highest BCUT2D eigenvalue weighted by Crippen LogP contribution is 2.34. The van der Waals surface area contributed by atoms with Crippen LogP contribution in [0.3, 0.4) is 0 Å². The lowest BCUT2D eigenvalue weighted by atomic mass is 10.1. The second-order valence-corrected chi connectivity index (χ2v) is 5.93. The zero-order valence-electron chi connectivity index (χ0n) is 12.5. The van der Waals surface area contributed by atoms with Gasteiger partial charge in [-0.25, -0.2) is 0 Å². The van der Waals surface area contributed by atoms with Crippen molar-refractivity contribution in [1.29, 1.82) is 0 Å². The normalized spacial score (nSPS) is 12.6. The Morgan fingerprint density at radius 3 is 2.65 bits per heavy atom. The summed E-state index contributed by atoms with van der Waals surface area (Å²) in [6, 6.07) is 13.4. The maximum atomic E-state index is 5.30. The van der Waals surface area contributed by atoms with Crippen molar-refractivity contribution < 1.29 is 4.74 Å². The number of thiophene rings is 1. The molecule has 1 unspecified atom stereocenters. The molecule has 0 aliphatic carbocycles. The highest BCUT2D eigenvalue weighted by atomic mass is 32.1. The van der Waals surface area contributed by atoms with Crippen LogP contribution in [-0.2, 0) is 11.3 Å². The zero-order valence-corrected chi connectivity index (χ0v) is 13.3. The van der Waals surface area contributed by atoms with E-state index in [1.54, 1.807) is 7.11 Å². The van der Waals surface area contributed by atoms with E-state index >= 15 is 0 Å². The third kappa shape index (κ3) is 3.48. The molecule has 1 aromatic heterocycles. The van der Waals surface area contributed by atoms with Gasteiger partial charge in [0.25, 0.3) is 0 Å². The molecule has 3 heteroatoms. The highest BCUT2D eigenvalue weighted by Gasteiger charge is 2.13. The molecule has 2 nitrogen and oxygen atoms in total. The summed E-state index contributed by atoms with van der Waals surface area (Å²) < 4.78 is 5.30. The fourth-order valence-corrected chi connectivity index (χ4v) is 3.65. The van der Waals surface area contributed by atoms with Crippen molar-refractivity contribution in [3.8, 4) is 10.4 Å². The average molecular weight is 289 g/mol. The summed E-state index contributed by atoms with van der Waals surface area (Å²) in [7, 11) is 1.74. The van der Waals surface area contributed by atoms with Gasteiger partial charge >= 0.3 is 0 Å². The molecule has 2 aromatic rings. The van der Waals surface area contributed by atoms with Crippen LogP contribution in [0.4, 0.5) is 0 Å². The van der Waals surface area contributed by atoms with Crippen molar-refractivity contribution in [2.45, 2.75) is 32.9 Å². The second-order valence-electron chi connectivity index (χ2n) is 4.81. The van der Waals surface area contributed by atoms with Crippen LogP contribution in [0.25, 0.3) is 10.4 Å². The monoisotopic (exact) mass is 289 g/mol. The van der Waals surface area contributed by atoms with Crippen molar-refractivity contribution in [3.05, 3.63) is 46.8 Å². The maximum Gasteiger partial charge on any atom is 0.0719 e. The van der Waals surface area contributed by atoms with Gasteiger partial charge in [-0.2, -0.15) is 0 Å². The van der Waals surface area contributed by atoms with Crippen LogP contribution in [0.15, 0.2) is 36.4 Å². The SMILES string of the molecule is CCNC(CC)c1ccc(-c2ccccc2COC)s1. The lowest BCUT2D eigenvalue weighted by Crippen LogP contribution is -2.18. The summed E-state index contributed by atoms with van der Waals surface area (Å²) in [4.78, 5) is 2.74. The lowest BCUT2D eigenvalue weighted by molar-refractivity contribution is 0.185. The van der Waals surface area contributed by atoms with Crippen molar-refractivity contribution in [2.75, 3.05) is 13.7 Å². The Morgan fingerprint density at radius 1 is 1.15 bits per heavy atom. The van der Waals surface area contributed by atoms with Crippen LogP contribution < -0.4 is 5.32 Å². The number of hydrogen-bond donors (Lipinski definition) is 1. The fourth-order valence-electron chi connectivity index (χ4n) is 2.42. The first-order chi connectivity index (χ1) is 9.80. The quantitative estimate of drug-likeness (QED) is 0.803. The Hall–Kier alpha value is -1.16. The maximum absolute atomic E-state index is 5.30. The molecule has 0 saturated heterocycles. The van der Waals surface area contributed by atoms with Crippen molar-refractivity contribution in [2.24, 2.45) is 0 Å². The second kappa shape index (κ2) is 7.58. The number of benzene rings is 1. The van der Waals surface area contributed by atoms with E-state index in [9.17, 15) is 0 Å². The molecule has 0 saturated carbocycles. The van der Waals surface area contributed by atoms with E-state index in [1.165, 1.54) is 20.9 Å². The summed E-state index contributed by atoms with van der Waals surface area (Å²) in [5.41, 5.74) is 2.54. The molecular weight excluding hydrogens is 266 g/mol. The van der Waals surface area contributed by atoms with Gasteiger partial charge < -0.3 is 10.1 Å². The molecule has 0 bridgehead atoms. The van der Waals surface area contributed by atoms with Crippen LogP contribution in [0.1, 0.15) is 36.8 Å². The van der Waals surface area contributed by atoms with Crippen molar-refractivity contribution in [1.82, 2.24) is 5.32 Å². The smallest absolute Gasteiger partial charge is 0.0719 e. The van der Waals surface area contributed by atoms with Crippen LogP contribution in [0.2, 0.25) is 0 Å². The molecule has 108 valence electrons. The molecule has 0 amide bonds. The molecule has 2 rings (SSSR count). The van der Waals surface area contributed by atoms with E-state index < -0.39 is 0 Å². The van der Waals surface area contributed by atoms with Gasteiger partial charge in [0.2, 0.25) is 0 Å². The van der Waals surface area contributed by atoms with Crippen molar-refractivity contribution in [3.63, 3.8) is 0 Å². The minimum Gasteiger partial charge on any atom is -0.380 e. The van der Waals surface area contributed by atoms with Gasteiger partial charge in [-0.3, -0.25) is 0 Å². The largest absolute Gasteiger partial charge is 0.380 e.